The summed E-state index contributed by atoms with van der Waals surface area (Å²) in [4.78, 5) is 26.5. The first kappa shape index (κ1) is 22.1. The number of hydrogen-bond donors (Lipinski definition) is 0. The highest BCUT2D eigenvalue weighted by Crippen LogP contribution is 2.26. The van der Waals surface area contributed by atoms with Gasteiger partial charge >= 0.3 is 5.97 Å². The van der Waals surface area contributed by atoms with E-state index in [1.165, 1.54) is 6.26 Å². The van der Waals surface area contributed by atoms with Gasteiger partial charge in [-0.1, -0.05) is 13.8 Å². The van der Waals surface area contributed by atoms with E-state index < -0.39 is 22.4 Å². The van der Waals surface area contributed by atoms with E-state index in [0.717, 1.165) is 5.39 Å². The molecule has 0 aliphatic carbocycles. The molecule has 9 heteroatoms. The normalized spacial score (nSPS) is 17.9. The van der Waals surface area contributed by atoms with E-state index in [0.29, 0.717) is 29.9 Å². The molecule has 0 saturated carbocycles. The molecule has 1 saturated heterocycles. The first-order valence-corrected chi connectivity index (χ1v) is 11.7. The molecule has 1 aliphatic rings. The second-order valence-electron chi connectivity index (χ2n) is 7.96. The first-order chi connectivity index (χ1) is 14.2. The van der Waals surface area contributed by atoms with Crippen molar-refractivity contribution in [2.45, 2.75) is 32.7 Å². The highest BCUT2D eigenvalue weighted by molar-refractivity contribution is 7.91. The molecule has 1 amide bonds. The Kier molecular flexibility index (Phi) is 6.70. The van der Waals surface area contributed by atoms with Crippen molar-refractivity contribution in [1.82, 2.24) is 4.90 Å². The number of carbonyl (C=O) groups excluding carboxylic acids is 2. The maximum Gasteiger partial charge on any atom is 0.310 e. The molecule has 164 valence electrons. The van der Waals surface area contributed by atoms with E-state index in [-0.39, 0.29) is 35.8 Å². The summed E-state index contributed by atoms with van der Waals surface area (Å²) in [7, 11) is -1.56. The number of ether oxygens (including phenoxy) is 2. The minimum atomic E-state index is -3.12. The van der Waals surface area contributed by atoms with Crippen LogP contribution < -0.4 is 4.74 Å². The zero-order chi connectivity index (χ0) is 21.9. The van der Waals surface area contributed by atoms with Gasteiger partial charge in [-0.3, -0.25) is 9.59 Å². The van der Waals surface area contributed by atoms with Crippen LogP contribution >= 0.6 is 0 Å². The van der Waals surface area contributed by atoms with Crippen LogP contribution in [0.5, 0.6) is 5.75 Å². The van der Waals surface area contributed by atoms with Crippen LogP contribution in [0.3, 0.4) is 0 Å². The number of furan rings is 1. The predicted molar refractivity (Wildman–Crippen MR) is 111 cm³/mol. The van der Waals surface area contributed by atoms with Crippen LogP contribution in [0.4, 0.5) is 0 Å². The van der Waals surface area contributed by atoms with E-state index >= 15 is 0 Å². The van der Waals surface area contributed by atoms with Crippen LogP contribution in [0.25, 0.3) is 11.0 Å². The van der Waals surface area contributed by atoms with Gasteiger partial charge in [-0.05, 0) is 24.5 Å². The number of hydrogen-bond acceptors (Lipinski definition) is 7. The third-order valence-corrected chi connectivity index (χ3v) is 6.84. The number of sulfone groups is 1. The highest BCUT2D eigenvalue weighted by Gasteiger charge is 2.35. The second-order valence-corrected chi connectivity index (χ2v) is 10.2. The molecule has 1 atom stereocenters. The maximum atomic E-state index is 12.7. The van der Waals surface area contributed by atoms with Crippen LogP contribution in [-0.2, 0) is 30.6 Å². The van der Waals surface area contributed by atoms with Gasteiger partial charge in [0.05, 0.1) is 31.3 Å². The summed E-state index contributed by atoms with van der Waals surface area (Å²) in [6, 6.07) is 4.94. The highest BCUT2D eigenvalue weighted by atomic mass is 32.2. The van der Waals surface area contributed by atoms with Gasteiger partial charge < -0.3 is 18.8 Å². The lowest BCUT2D eigenvalue weighted by Crippen LogP contribution is -2.45. The van der Waals surface area contributed by atoms with E-state index in [4.69, 9.17) is 13.9 Å². The topological polar surface area (TPSA) is 103 Å². The van der Waals surface area contributed by atoms with Crippen molar-refractivity contribution < 1.29 is 31.9 Å². The van der Waals surface area contributed by atoms with E-state index in [1.54, 1.807) is 30.2 Å². The van der Waals surface area contributed by atoms with Crippen LogP contribution in [0.1, 0.15) is 25.8 Å². The van der Waals surface area contributed by atoms with E-state index in [2.05, 4.69) is 0 Å². The molecule has 0 radical (unpaired) electrons. The van der Waals surface area contributed by atoms with Gasteiger partial charge in [0.25, 0.3) is 5.91 Å². The predicted octanol–water partition coefficient (Wildman–Crippen LogP) is 2.20. The van der Waals surface area contributed by atoms with Crippen molar-refractivity contribution >= 4 is 32.7 Å². The summed E-state index contributed by atoms with van der Waals surface area (Å²) < 4.78 is 39.4. The summed E-state index contributed by atoms with van der Waals surface area (Å²) >= 11 is 0. The SMILES string of the molecule is COc1ccc2c(CC(=O)OCC(=O)N(CC(C)C)C3CCS(=O)(=O)C3)coc2c1. The van der Waals surface area contributed by atoms with Gasteiger partial charge in [0, 0.05) is 29.6 Å². The van der Waals surface area contributed by atoms with Crippen LogP contribution in [-0.4, -0.2) is 63.0 Å². The van der Waals surface area contributed by atoms with Crippen molar-refractivity contribution in [1.29, 1.82) is 0 Å². The molecule has 1 aromatic carbocycles. The lowest BCUT2D eigenvalue weighted by molar-refractivity contribution is -0.152. The molecule has 1 unspecified atom stereocenters. The molecule has 3 rings (SSSR count). The molecule has 1 aromatic heterocycles. The number of benzene rings is 1. The zero-order valence-electron chi connectivity index (χ0n) is 17.4. The average molecular weight is 438 g/mol. The van der Waals surface area contributed by atoms with Crippen molar-refractivity contribution in [2.75, 3.05) is 31.8 Å². The van der Waals surface area contributed by atoms with E-state index in [9.17, 15) is 18.0 Å². The molecular weight excluding hydrogens is 410 g/mol. The molecule has 8 nitrogen and oxygen atoms in total. The molecule has 2 heterocycles. The van der Waals surface area contributed by atoms with Gasteiger partial charge in [0.2, 0.25) is 0 Å². The van der Waals surface area contributed by atoms with Gasteiger partial charge in [-0.25, -0.2) is 8.42 Å². The molecule has 1 aliphatic heterocycles. The molecule has 1 fully saturated rings. The quantitative estimate of drug-likeness (QED) is 0.583. The monoisotopic (exact) mass is 437 g/mol. The Balaban J connectivity index is 1.60. The lowest BCUT2D eigenvalue weighted by atomic mass is 10.1. The maximum absolute atomic E-state index is 12.7. The number of rotatable bonds is 8. The van der Waals surface area contributed by atoms with Gasteiger partial charge in [-0.2, -0.15) is 0 Å². The zero-order valence-corrected chi connectivity index (χ0v) is 18.2. The molecule has 0 N–H and O–H groups in total. The second kappa shape index (κ2) is 9.07. The van der Waals surface area contributed by atoms with Gasteiger partial charge in [0.15, 0.2) is 16.4 Å². The summed E-state index contributed by atoms with van der Waals surface area (Å²) in [6.45, 7) is 3.92. The van der Waals surface area contributed by atoms with Crippen molar-refractivity contribution in [3.63, 3.8) is 0 Å². The van der Waals surface area contributed by atoms with E-state index in [1.807, 2.05) is 13.8 Å². The third-order valence-electron chi connectivity index (χ3n) is 5.09. The number of esters is 1. The Morgan fingerprint density at radius 2 is 2.07 bits per heavy atom. The summed E-state index contributed by atoms with van der Waals surface area (Å²) in [5.74, 6) is -0.0639. The Morgan fingerprint density at radius 3 is 2.70 bits per heavy atom. The Hall–Kier alpha value is -2.55. The van der Waals surface area contributed by atoms with Gasteiger partial charge in [0.1, 0.15) is 11.3 Å². The summed E-state index contributed by atoms with van der Waals surface area (Å²) in [5, 5.41) is 0.775. The minimum absolute atomic E-state index is 0.0331. The lowest BCUT2D eigenvalue weighted by Gasteiger charge is -2.29. The summed E-state index contributed by atoms with van der Waals surface area (Å²) in [6.07, 6.45) is 1.87. The first-order valence-electron chi connectivity index (χ1n) is 9.88. The largest absolute Gasteiger partial charge is 0.497 e. The summed E-state index contributed by atoms with van der Waals surface area (Å²) in [5.41, 5.74) is 1.25. The Labute approximate surface area is 176 Å². The molecule has 2 aromatic rings. The number of nitrogens with zero attached hydrogens (tertiary/aromatic N) is 1. The fourth-order valence-electron chi connectivity index (χ4n) is 3.63. The van der Waals surface area contributed by atoms with Crippen molar-refractivity contribution in [2.24, 2.45) is 5.92 Å². The molecule has 30 heavy (non-hydrogen) atoms. The van der Waals surface area contributed by atoms with Crippen molar-refractivity contribution in [3.05, 3.63) is 30.0 Å². The fourth-order valence-corrected chi connectivity index (χ4v) is 5.36. The standard InChI is InChI=1S/C21H27NO7S/c1-14(2)10-22(16-6-7-30(25,26)13-16)20(23)12-29-21(24)8-15-11-28-19-9-17(27-3)4-5-18(15)19/h4-5,9,11,14,16H,6-8,10,12-13H2,1-3H3. The Morgan fingerprint density at radius 1 is 1.30 bits per heavy atom. The van der Waals surface area contributed by atoms with Crippen LogP contribution in [0.2, 0.25) is 0 Å². The van der Waals surface area contributed by atoms with Gasteiger partial charge in [-0.15, -0.1) is 0 Å². The van der Waals surface area contributed by atoms with Crippen molar-refractivity contribution in [3.8, 4) is 5.75 Å². The number of amides is 1. The number of carbonyl (C=O) groups is 2. The molecule has 0 spiro atoms. The number of methoxy groups -OCH3 is 1. The number of fused-ring (bicyclic) bond motifs is 1. The molecule has 0 bridgehead atoms. The van der Waals surface area contributed by atoms with Crippen LogP contribution in [0, 0.1) is 5.92 Å². The fraction of sp³-hybridized carbons (Fsp3) is 0.524. The van der Waals surface area contributed by atoms with Crippen LogP contribution in [0.15, 0.2) is 28.9 Å². The average Bonchev–Trinajstić information content (AvgIpc) is 3.26. The minimum Gasteiger partial charge on any atom is -0.497 e. The Bertz CT molecular complexity index is 1030. The molecular formula is C21H27NO7S. The smallest absolute Gasteiger partial charge is 0.310 e. The third kappa shape index (κ3) is 5.33.